The van der Waals surface area contributed by atoms with Crippen LogP contribution in [0.2, 0.25) is 0 Å². The minimum Gasteiger partial charge on any atom is -0.322 e. The van der Waals surface area contributed by atoms with Gasteiger partial charge in [0.05, 0.1) is 16.8 Å². The lowest BCUT2D eigenvalue weighted by Gasteiger charge is -2.10. The SMILES string of the molecule is Cc1ccc2nc(C)cc(C(=O)Nc3ccc(-n4cnnn4)cc3)c2c1. The van der Waals surface area contributed by atoms with E-state index in [2.05, 4.69) is 25.8 Å². The fraction of sp³-hybridized carbons (Fsp3) is 0.105. The number of hydrogen-bond donors (Lipinski definition) is 1. The van der Waals surface area contributed by atoms with Gasteiger partial charge in [-0.15, -0.1) is 5.10 Å². The van der Waals surface area contributed by atoms with Gasteiger partial charge >= 0.3 is 0 Å². The summed E-state index contributed by atoms with van der Waals surface area (Å²) >= 11 is 0. The fourth-order valence-electron chi connectivity index (χ4n) is 2.84. The molecule has 4 rings (SSSR count). The molecule has 128 valence electrons. The Kier molecular flexibility index (Phi) is 3.89. The van der Waals surface area contributed by atoms with Gasteiger partial charge in [-0.1, -0.05) is 11.6 Å². The number of anilines is 1. The Morgan fingerprint density at radius 1 is 1.04 bits per heavy atom. The Morgan fingerprint density at radius 3 is 2.58 bits per heavy atom. The lowest BCUT2D eigenvalue weighted by molar-refractivity contribution is 0.102. The number of aryl methyl sites for hydroxylation is 2. The smallest absolute Gasteiger partial charge is 0.256 e. The number of pyridine rings is 1. The zero-order valence-corrected chi connectivity index (χ0v) is 14.3. The third kappa shape index (κ3) is 3.02. The second-order valence-corrected chi connectivity index (χ2v) is 6.09. The summed E-state index contributed by atoms with van der Waals surface area (Å²) in [7, 11) is 0. The van der Waals surface area contributed by atoms with Crippen molar-refractivity contribution in [1.82, 2.24) is 25.2 Å². The first-order chi connectivity index (χ1) is 12.6. The zero-order valence-electron chi connectivity index (χ0n) is 14.3. The fourth-order valence-corrected chi connectivity index (χ4v) is 2.84. The lowest BCUT2D eigenvalue weighted by Crippen LogP contribution is -2.13. The van der Waals surface area contributed by atoms with Crippen LogP contribution in [0, 0.1) is 13.8 Å². The topological polar surface area (TPSA) is 85.6 Å². The molecule has 2 aromatic heterocycles. The van der Waals surface area contributed by atoms with Gasteiger partial charge in [0.15, 0.2) is 0 Å². The zero-order chi connectivity index (χ0) is 18.1. The Hall–Kier alpha value is -3.61. The van der Waals surface area contributed by atoms with Crippen molar-refractivity contribution in [2.75, 3.05) is 5.32 Å². The summed E-state index contributed by atoms with van der Waals surface area (Å²) in [6.07, 6.45) is 1.52. The highest BCUT2D eigenvalue weighted by atomic mass is 16.1. The van der Waals surface area contributed by atoms with Gasteiger partial charge in [-0.05, 0) is 66.7 Å². The largest absolute Gasteiger partial charge is 0.322 e. The predicted molar refractivity (Wildman–Crippen MR) is 98.3 cm³/mol. The van der Waals surface area contributed by atoms with E-state index >= 15 is 0 Å². The van der Waals surface area contributed by atoms with Gasteiger partial charge in [0.1, 0.15) is 6.33 Å². The summed E-state index contributed by atoms with van der Waals surface area (Å²) in [6, 6.07) is 15.0. The van der Waals surface area contributed by atoms with Crippen molar-refractivity contribution in [2.24, 2.45) is 0 Å². The van der Waals surface area contributed by atoms with E-state index in [0.717, 1.165) is 27.8 Å². The monoisotopic (exact) mass is 344 g/mol. The summed E-state index contributed by atoms with van der Waals surface area (Å²) in [5.41, 5.74) is 4.83. The Labute approximate surface area is 149 Å². The molecule has 4 aromatic rings. The number of fused-ring (bicyclic) bond motifs is 1. The van der Waals surface area contributed by atoms with Gasteiger partial charge in [0.25, 0.3) is 5.91 Å². The van der Waals surface area contributed by atoms with Crippen LogP contribution in [0.1, 0.15) is 21.6 Å². The molecule has 0 fully saturated rings. The highest BCUT2D eigenvalue weighted by molar-refractivity contribution is 6.12. The summed E-state index contributed by atoms with van der Waals surface area (Å²) in [5, 5.41) is 14.8. The second-order valence-electron chi connectivity index (χ2n) is 6.09. The van der Waals surface area contributed by atoms with Crippen molar-refractivity contribution in [2.45, 2.75) is 13.8 Å². The summed E-state index contributed by atoms with van der Waals surface area (Å²) in [6.45, 7) is 3.88. The Bertz CT molecular complexity index is 1090. The van der Waals surface area contributed by atoms with Crippen molar-refractivity contribution in [1.29, 1.82) is 0 Å². The number of rotatable bonds is 3. The van der Waals surface area contributed by atoms with Gasteiger partial charge in [-0.25, -0.2) is 4.68 Å². The van der Waals surface area contributed by atoms with Gasteiger partial charge in [-0.2, -0.15) is 0 Å². The molecule has 7 nitrogen and oxygen atoms in total. The molecule has 2 heterocycles. The van der Waals surface area contributed by atoms with E-state index in [1.54, 1.807) is 4.68 Å². The third-order valence-electron chi connectivity index (χ3n) is 4.08. The number of aromatic nitrogens is 5. The molecule has 0 aliphatic rings. The van der Waals surface area contributed by atoms with Crippen LogP contribution in [-0.2, 0) is 0 Å². The number of nitrogens with zero attached hydrogens (tertiary/aromatic N) is 5. The van der Waals surface area contributed by atoms with E-state index < -0.39 is 0 Å². The summed E-state index contributed by atoms with van der Waals surface area (Å²) < 4.78 is 1.55. The van der Waals surface area contributed by atoms with Crippen LogP contribution in [-0.4, -0.2) is 31.1 Å². The molecular formula is C19H16N6O. The Balaban J connectivity index is 1.64. The highest BCUT2D eigenvalue weighted by Gasteiger charge is 2.13. The maximum absolute atomic E-state index is 12.8. The van der Waals surface area contributed by atoms with Gasteiger partial charge in [0.2, 0.25) is 0 Å². The molecule has 0 radical (unpaired) electrons. The molecule has 7 heteroatoms. The maximum atomic E-state index is 12.8. The number of carbonyl (C=O) groups excluding carboxylic acids is 1. The van der Waals surface area contributed by atoms with E-state index in [9.17, 15) is 4.79 Å². The second kappa shape index (κ2) is 6.36. The summed E-state index contributed by atoms with van der Waals surface area (Å²) in [5.74, 6) is -0.165. The van der Waals surface area contributed by atoms with Crippen molar-refractivity contribution in [3.8, 4) is 5.69 Å². The number of benzene rings is 2. The molecule has 0 spiro atoms. The third-order valence-corrected chi connectivity index (χ3v) is 4.08. The first-order valence-electron chi connectivity index (χ1n) is 8.13. The van der Waals surface area contributed by atoms with E-state index in [4.69, 9.17) is 0 Å². The minimum atomic E-state index is -0.165. The van der Waals surface area contributed by atoms with Gasteiger partial charge < -0.3 is 5.32 Å². The van der Waals surface area contributed by atoms with E-state index in [1.807, 2.05) is 62.4 Å². The van der Waals surface area contributed by atoms with Crippen LogP contribution in [0.4, 0.5) is 5.69 Å². The van der Waals surface area contributed by atoms with Crippen LogP contribution in [0.15, 0.2) is 54.9 Å². The molecule has 0 saturated carbocycles. The van der Waals surface area contributed by atoms with Crippen molar-refractivity contribution in [3.05, 3.63) is 71.7 Å². The molecule has 2 aromatic carbocycles. The van der Waals surface area contributed by atoms with E-state index in [0.29, 0.717) is 11.3 Å². The average molecular weight is 344 g/mol. The molecular weight excluding hydrogens is 328 g/mol. The van der Waals surface area contributed by atoms with Gasteiger partial charge in [0, 0.05) is 16.8 Å². The average Bonchev–Trinajstić information content (AvgIpc) is 3.16. The number of nitrogens with one attached hydrogen (secondary N) is 1. The highest BCUT2D eigenvalue weighted by Crippen LogP contribution is 2.21. The predicted octanol–water partition coefficient (Wildman–Crippen LogP) is 3.08. The van der Waals surface area contributed by atoms with Crippen LogP contribution in [0.25, 0.3) is 16.6 Å². The van der Waals surface area contributed by atoms with Crippen molar-refractivity contribution < 1.29 is 4.79 Å². The van der Waals surface area contributed by atoms with Crippen LogP contribution in [0.5, 0.6) is 0 Å². The first kappa shape index (κ1) is 15.9. The van der Waals surface area contributed by atoms with Crippen LogP contribution >= 0.6 is 0 Å². The van der Waals surface area contributed by atoms with Crippen LogP contribution < -0.4 is 5.32 Å². The molecule has 26 heavy (non-hydrogen) atoms. The standard InChI is InChI=1S/C19H16N6O/c1-12-3-8-18-16(9-12)17(10-13(2)21-18)19(26)22-14-4-6-15(7-5-14)25-11-20-23-24-25/h3-11H,1-2H3,(H,22,26). The number of tetrazole rings is 1. The number of hydrogen-bond acceptors (Lipinski definition) is 5. The van der Waals surface area contributed by atoms with Gasteiger partial charge in [-0.3, -0.25) is 9.78 Å². The minimum absolute atomic E-state index is 0.165. The maximum Gasteiger partial charge on any atom is 0.256 e. The van der Waals surface area contributed by atoms with Crippen molar-refractivity contribution >= 4 is 22.5 Å². The van der Waals surface area contributed by atoms with E-state index in [1.165, 1.54) is 6.33 Å². The van der Waals surface area contributed by atoms with Crippen LogP contribution in [0.3, 0.4) is 0 Å². The molecule has 0 aliphatic heterocycles. The molecule has 0 saturated heterocycles. The normalized spacial score (nSPS) is 10.8. The molecule has 1 amide bonds. The molecule has 0 unspecified atom stereocenters. The lowest BCUT2D eigenvalue weighted by atomic mass is 10.0. The number of amides is 1. The quantitative estimate of drug-likeness (QED) is 0.617. The molecule has 1 N–H and O–H groups in total. The first-order valence-corrected chi connectivity index (χ1v) is 8.13. The molecule has 0 aliphatic carbocycles. The summed E-state index contributed by atoms with van der Waals surface area (Å²) in [4.78, 5) is 17.3. The number of carbonyl (C=O) groups is 1. The molecule has 0 atom stereocenters. The molecule has 0 bridgehead atoms. The van der Waals surface area contributed by atoms with Crippen molar-refractivity contribution in [3.63, 3.8) is 0 Å². The Morgan fingerprint density at radius 2 is 1.85 bits per heavy atom. The van der Waals surface area contributed by atoms with E-state index in [-0.39, 0.29) is 5.91 Å².